The average Bonchev–Trinajstić information content (AvgIpc) is 3.66. The first-order valence-electron chi connectivity index (χ1n) is 15.4. The lowest BCUT2D eigenvalue weighted by atomic mass is 9.98. The van der Waals surface area contributed by atoms with Crippen LogP contribution in [0.3, 0.4) is 0 Å². The molecule has 2 aliphatic rings. The maximum Gasteiger partial charge on any atom is 0.313 e. The summed E-state index contributed by atoms with van der Waals surface area (Å²) in [5.41, 5.74) is 9.67. The zero-order chi connectivity index (χ0) is 35.4. The van der Waals surface area contributed by atoms with E-state index in [2.05, 4.69) is 27.2 Å². The van der Waals surface area contributed by atoms with Gasteiger partial charge in [-0.25, -0.2) is 0 Å². The average molecular weight is 677 g/mol. The molecule has 7 N–H and O–H groups in total. The number of hydrogen-bond donors (Lipinski definition) is 7. The molecule has 13 heteroatoms. The Labute approximate surface area is 282 Å². The Morgan fingerprint density at radius 2 is 1.27 bits per heavy atom. The fourth-order valence-corrected chi connectivity index (χ4v) is 6.98. The SMILES string of the molecule is C=CC1=C(C)C(=O)N/C1=C\c1[nH]c(Cc2[nH]c(/C=C3\NC(=O)C(C(C)SCC(=O)O)=C3C)c(C)c2CCC(=O)O)c(CCC(=O)O)c1C. The lowest BCUT2D eigenvalue weighted by molar-refractivity contribution is -0.138. The molecular formula is C35H40N4O8S. The highest BCUT2D eigenvalue weighted by Crippen LogP contribution is 2.33. The van der Waals surface area contributed by atoms with Crippen molar-refractivity contribution in [2.45, 2.75) is 72.0 Å². The summed E-state index contributed by atoms with van der Waals surface area (Å²) in [5, 5.41) is 33.5. The second-order valence-corrected chi connectivity index (χ2v) is 13.2. The standard InChI is InChI=1S/C35H40N4O8S/c1-7-21-18(4)34(46)39-27(21)13-25-17(3)23(9-11-31(42)43)29(37-25)14-28-22(8-10-30(40)41)16(2)24(36-28)12-26-19(5)33(35(47)38-26)20(6)48-15-32(44)45/h7,12-13,20,36-37H,1,8-11,14-15H2,2-6H3,(H,38,47)(H,39,46)(H,40,41)(H,42,43)(H,44,45)/b26-12-,27-13-. The molecule has 0 saturated heterocycles. The van der Waals surface area contributed by atoms with Crippen molar-refractivity contribution in [1.29, 1.82) is 0 Å². The molecule has 1 atom stereocenters. The molecule has 48 heavy (non-hydrogen) atoms. The number of carboxylic acid groups (broad SMARTS) is 3. The number of allylic oxidation sites excluding steroid dienone is 2. The second-order valence-electron chi connectivity index (χ2n) is 11.9. The van der Waals surface area contributed by atoms with Gasteiger partial charge in [0.05, 0.1) is 11.4 Å². The number of aromatic amines is 2. The van der Waals surface area contributed by atoms with Crippen LogP contribution < -0.4 is 10.6 Å². The summed E-state index contributed by atoms with van der Waals surface area (Å²) in [6, 6.07) is 0. The lowest BCUT2D eigenvalue weighted by Crippen LogP contribution is -2.21. The Hall–Kier alpha value is -5.04. The molecule has 4 heterocycles. The van der Waals surface area contributed by atoms with Crippen LogP contribution in [0.2, 0.25) is 0 Å². The minimum Gasteiger partial charge on any atom is -0.481 e. The van der Waals surface area contributed by atoms with E-state index in [4.69, 9.17) is 5.11 Å². The largest absolute Gasteiger partial charge is 0.481 e. The van der Waals surface area contributed by atoms with Crippen LogP contribution in [0, 0.1) is 13.8 Å². The molecule has 2 aromatic heterocycles. The van der Waals surface area contributed by atoms with Gasteiger partial charge in [0, 0.05) is 69.7 Å². The first-order chi connectivity index (χ1) is 22.6. The monoisotopic (exact) mass is 676 g/mol. The molecule has 12 nitrogen and oxygen atoms in total. The molecular weight excluding hydrogens is 636 g/mol. The molecule has 0 bridgehead atoms. The van der Waals surface area contributed by atoms with E-state index >= 15 is 0 Å². The maximum absolute atomic E-state index is 12.9. The van der Waals surface area contributed by atoms with Crippen LogP contribution in [-0.4, -0.2) is 66.0 Å². The Morgan fingerprint density at radius 3 is 1.75 bits per heavy atom. The number of nitrogens with one attached hydrogen (secondary N) is 4. The van der Waals surface area contributed by atoms with E-state index in [-0.39, 0.29) is 48.5 Å². The van der Waals surface area contributed by atoms with E-state index in [1.54, 1.807) is 39.0 Å². The summed E-state index contributed by atoms with van der Waals surface area (Å²) in [7, 11) is 0. The number of carbonyl (C=O) groups is 5. The minimum absolute atomic E-state index is 0.0981. The van der Waals surface area contributed by atoms with Gasteiger partial charge in [-0.1, -0.05) is 12.7 Å². The molecule has 1 unspecified atom stereocenters. The topological polar surface area (TPSA) is 202 Å². The Balaban J connectivity index is 1.78. The summed E-state index contributed by atoms with van der Waals surface area (Å²) in [6.45, 7) is 12.9. The quantitative estimate of drug-likeness (QED) is 0.141. The number of aromatic nitrogens is 2. The van der Waals surface area contributed by atoms with Crippen molar-refractivity contribution in [3.8, 4) is 0 Å². The third kappa shape index (κ3) is 7.73. The predicted molar refractivity (Wildman–Crippen MR) is 183 cm³/mol. The zero-order valence-corrected chi connectivity index (χ0v) is 28.4. The molecule has 0 saturated carbocycles. The van der Waals surface area contributed by atoms with Gasteiger partial charge < -0.3 is 35.9 Å². The number of aliphatic carboxylic acids is 3. The number of amides is 2. The molecule has 0 aromatic carbocycles. The number of H-pyrrole nitrogens is 2. The van der Waals surface area contributed by atoms with Gasteiger partial charge in [0.25, 0.3) is 11.8 Å². The summed E-state index contributed by atoms with van der Waals surface area (Å²) < 4.78 is 0. The van der Waals surface area contributed by atoms with Crippen LogP contribution in [0.15, 0.2) is 46.3 Å². The molecule has 2 aliphatic heterocycles. The highest BCUT2D eigenvalue weighted by atomic mass is 32.2. The number of thioether (sulfide) groups is 1. The van der Waals surface area contributed by atoms with Gasteiger partial charge in [-0.15, -0.1) is 11.8 Å². The predicted octanol–water partition coefficient (Wildman–Crippen LogP) is 4.55. The van der Waals surface area contributed by atoms with Gasteiger partial charge in [0.1, 0.15) is 0 Å². The number of hydrogen-bond acceptors (Lipinski definition) is 6. The van der Waals surface area contributed by atoms with Crippen LogP contribution >= 0.6 is 11.8 Å². The van der Waals surface area contributed by atoms with E-state index < -0.39 is 17.9 Å². The normalized spacial score (nSPS) is 17.0. The van der Waals surface area contributed by atoms with Crippen LogP contribution in [0.4, 0.5) is 0 Å². The Bertz CT molecular complexity index is 1850. The first-order valence-corrected chi connectivity index (χ1v) is 16.5. The summed E-state index contributed by atoms with van der Waals surface area (Å²) in [5.74, 6) is -3.51. The molecule has 254 valence electrons. The molecule has 0 fully saturated rings. The van der Waals surface area contributed by atoms with Crippen LogP contribution in [0.5, 0.6) is 0 Å². The summed E-state index contributed by atoms with van der Waals surface area (Å²) in [6.07, 6.45) is 5.81. The van der Waals surface area contributed by atoms with E-state index in [1.807, 2.05) is 13.8 Å². The third-order valence-corrected chi connectivity index (χ3v) is 9.92. The van der Waals surface area contributed by atoms with Crippen molar-refractivity contribution in [2.75, 3.05) is 5.75 Å². The van der Waals surface area contributed by atoms with Gasteiger partial charge in [-0.2, -0.15) is 0 Å². The molecule has 4 rings (SSSR count). The van der Waals surface area contributed by atoms with E-state index in [1.165, 1.54) is 0 Å². The van der Waals surface area contributed by atoms with Crippen molar-refractivity contribution in [1.82, 2.24) is 20.6 Å². The number of rotatable bonds is 15. The highest BCUT2D eigenvalue weighted by molar-refractivity contribution is 8.00. The van der Waals surface area contributed by atoms with Crippen molar-refractivity contribution in [2.24, 2.45) is 0 Å². The second kappa shape index (κ2) is 14.8. The van der Waals surface area contributed by atoms with Gasteiger partial charge in [0.15, 0.2) is 0 Å². The molecule has 0 spiro atoms. The smallest absolute Gasteiger partial charge is 0.313 e. The maximum atomic E-state index is 12.9. The Morgan fingerprint density at radius 1 is 0.771 bits per heavy atom. The molecule has 2 aromatic rings. The van der Waals surface area contributed by atoms with E-state index in [0.717, 1.165) is 45.4 Å². The fraction of sp³-hybridized carbons (Fsp3) is 0.343. The molecule has 0 aliphatic carbocycles. The van der Waals surface area contributed by atoms with Crippen LogP contribution in [-0.2, 0) is 43.2 Å². The van der Waals surface area contributed by atoms with Crippen LogP contribution in [0.1, 0.15) is 78.6 Å². The zero-order valence-electron chi connectivity index (χ0n) is 27.6. The lowest BCUT2D eigenvalue weighted by Gasteiger charge is -2.10. The van der Waals surface area contributed by atoms with E-state index in [0.29, 0.717) is 51.5 Å². The first kappa shape index (κ1) is 35.8. The third-order valence-electron chi connectivity index (χ3n) is 8.77. The number of carbonyl (C=O) groups excluding carboxylic acids is 2. The van der Waals surface area contributed by atoms with Gasteiger partial charge in [-0.3, -0.25) is 24.0 Å². The fourth-order valence-electron chi connectivity index (χ4n) is 6.13. The molecule has 0 radical (unpaired) electrons. The van der Waals surface area contributed by atoms with Gasteiger partial charge >= 0.3 is 17.9 Å². The highest BCUT2D eigenvalue weighted by Gasteiger charge is 2.30. The van der Waals surface area contributed by atoms with Gasteiger partial charge in [-0.05, 0) is 87.4 Å². The minimum atomic E-state index is -0.964. The number of carboxylic acids is 3. The molecule has 2 amide bonds. The van der Waals surface area contributed by atoms with Crippen LogP contribution in [0.25, 0.3) is 12.2 Å². The van der Waals surface area contributed by atoms with Crippen molar-refractivity contribution in [3.05, 3.63) is 91.4 Å². The Kier molecular flexibility index (Phi) is 11.0. The van der Waals surface area contributed by atoms with E-state index in [9.17, 15) is 34.2 Å². The van der Waals surface area contributed by atoms with Crippen molar-refractivity contribution < 1.29 is 39.3 Å². The summed E-state index contributed by atoms with van der Waals surface area (Å²) in [4.78, 5) is 66.4. The van der Waals surface area contributed by atoms with Crippen molar-refractivity contribution >= 4 is 53.6 Å². The summed E-state index contributed by atoms with van der Waals surface area (Å²) >= 11 is 1.16. The van der Waals surface area contributed by atoms with Crippen molar-refractivity contribution in [3.63, 3.8) is 0 Å². The van der Waals surface area contributed by atoms with Gasteiger partial charge in [0.2, 0.25) is 0 Å².